The molecule has 1 amide bonds. The lowest BCUT2D eigenvalue weighted by atomic mass is 10.2. The largest absolute Gasteiger partial charge is 0.495 e. The number of rotatable bonds is 6. The fraction of sp³-hybridized carbons (Fsp3) is 0.176. The summed E-state index contributed by atoms with van der Waals surface area (Å²) in [6.07, 6.45) is 0. The molecule has 0 aliphatic rings. The molecule has 0 saturated carbocycles. The standard InChI is InChI=1S/C17H16ClN3O3/c1-23-15-8-14(16(24-2)7-12(15)18)20-10-17(22)21-13-6-4-3-5-11(13)9-19/h3-8,20H,10H2,1-2H3,(H,21,22). The van der Waals surface area contributed by atoms with Crippen LogP contribution in [0.5, 0.6) is 11.5 Å². The number of benzene rings is 2. The number of amides is 1. The van der Waals surface area contributed by atoms with E-state index in [1.54, 1.807) is 36.4 Å². The van der Waals surface area contributed by atoms with Crippen LogP contribution in [0, 0.1) is 11.3 Å². The Bertz CT molecular complexity index is 787. The summed E-state index contributed by atoms with van der Waals surface area (Å²) < 4.78 is 10.4. The summed E-state index contributed by atoms with van der Waals surface area (Å²) >= 11 is 6.04. The number of methoxy groups -OCH3 is 2. The summed E-state index contributed by atoms with van der Waals surface area (Å²) in [5.41, 5.74) is 1.44. The Balaban J connectivity index is 2.08. The predicted molar refractivity (Wildman–Crippen MR) is 92.8 cm³/mol. The predicted octanol–water partition coefficient (Wildman–Crippen LogP) is 3.28. The molecule has 0 radical (unpaired) electrons. The highest BCUT2D eigenvalue weighted by Gasteiger charge is 2.12. The minimum Gasteiger partial charge on any atom is -0.495 e. The van der Waals surface area contributed by atoms with Crippen LogP contribution in [0.15, 0.2) is 36.4 Å². The lowest BCUT2D eigenvalue weighted by Crippen LogP contribution is -2.22. The topological polar surface area (TPSA) is 83.4 Å². The molecule has 0 fully saturated rings. The van der Waals surface area contributed by atoms with Crippen LogP contribution in [0.3, 0.4) is 0 Å². The van der Waals surface area contributed by atoms with Gasteiger partial charge in [-0.2, -0.15) is 5.26 Å². The molecule has 0 bridgehead atoms. The Morgan fingerprint density at radius 2 is 1.88 bits per heavy atom. The first-order valence-corrected chi connectivity index (χ1v) is 7.41. The van der Waals surface area contributed by atoms with Gasteiger partial charge in [-0.25, -0.2) is 0 Å². The Labute approximate surface area is 144 Å². The van der Waals surface area contributed by atoms with Crippen molar-refractivity contribution in [1.29, 1.82) is 5.26 Å². The van der Waals surface area contributed by atoms with Crippen molar-refractivity contribution in [2.45, 2.75) is 0 Å². The third-order valence-corrected chi connectivity index (χ3v) is 3.53. The molecular weight excluding hydrogens is 330 g/mol. The molecule has 2 aromatic carbocycles. The van der Waals surface area contributed by atoms with E-state index >= 15 is 0 Å². The molecule has 2 aromatic rings. The van der Waals surface area contributed by atoms with Crippen LogP contribution in [0.2, 0.25) is 5.02 Å². The highest BCUT2D eigenvalue weighted by atomic mass is 35.5. The minimum atomic E-state index is -0.298. The van der Waals surface area contributed by atoms with Crippen LogP contribution in [-0.2, 0) is 4.79 Å². The Hall–Kier alpha value is -2.91. The molecule has 0 saturated heterocycles. The van der Waals surface area contributed by atoms with Gasteiger partial charge in [-0.15, -0.1) is 0 Å². The van der Waals surface area contributed by atoms with E-state index in [0.717, 1.165) is 0 Å². The van der Waals surface area contributed by atoms with Crippen LogP contribution in [0.25, 0.3) is 0 Å². The highest BCUT2D eigenvalue weighted by Crippen LogP contribution is 2.35. The van der Waals surface area contributed by atoms with Gasteiger partial charge >= 0.3 is 0 Å². The summed E-state index contributed by atoms with van der Waals surface area (Å²) in [7, 11) is 3.01. The zero-order valence-corrected chi connectivity index (χ0v) is 14.0. The molecular formula is C17H16ClN3O3. The van der Waals surface area contributed by atoms with E-state index in [-0.39, 0.29) is 12.5 Å². The number of ether oxygens (including phenoxy) is 2. The second-order valence-electron chi connectivity index (χ2n) is 4.75. The number of hydrogen-bond acceptors (Lipinski definition) is 5. The van der Waals surface area contributed by atoms with Crippen molar-refractivity contribution in [2.75, 3.05) is 31.4 Å². The summed E-state index contributed by atoms with van der Waals surface area (Å²) in [5.74, 6) is 0.662. The van der Waals surface area contributed by atoms with Crippen LogP contribution >= 0.6 is 11.6 Å². The third kappa shape index (κ3) is 4.09. The van der Waals surface area contributed by atoms with E-state index in [1.165, 1.54) is 14.2 Å². The molecule has 0 atom stereocenters. The van der Waals surface area contributed by atoms with Gasteiger partial charge in [0.25, 0.3) is 0 Å². The van der Waals surface area contributed by atoms with Gasteiger partial charge in [0.05, 0.1) is 42.7 Å². The monoisotopic (exact) mass is 345 g/mol. The van der Waals surface area contributed by atoms with E-state index in [4.69, 9.17) is 26.3 Å². The molecule has 124 valence electrons. The number of nitrogens with zero attached hydrogens (tertiary/aromatic N) is 1. The van der Waals surface area contributed by atoms with Crippen LogP contribution in [0.1, 0.15) is 5.56 Å². The number of carbonyl (C=O) groups is 1. The SMILES string of the molecule is COc1cc(NCC(=O)Nc2ccccc2C#N)c(OC)cc1Cl. The van der Waals surface area contributed by atoms with Crippen LogP contribution < -0.4 is 20.1 Å². The van der Waals surface area contributed by atoms with Gasteiger partial charge in [-0.1, -0.05) is 23.7 Å². The first-order valence-electron chi connectivity index (χ1n) is 7.03. The minimum absolute atomic E-state index is 0.0130. The van der Waals surface area contributed by atoms with Gasteiger partial charge < -0.3 is 20.1 Å². The molecule has 6 nitrogen and oxygen atoms in total. The number of carbonyl (C=O) groups excluding carboxylic acids is 1. The van der Waals surface area contributed by atoms with E-state index < -0.39 is 0 Å². The van der Waals surface area contributed by atoms with E-state index in [2.05, 4.69) is 10.6 Å². The smallest absolute Gasteiger partial charge is 0.243 e. The van der Waals surface area contributed by atoms with Gasteiger partial charge in [0.1, 0.15) is 17.6 Å². The molecule has 0 spiro atoms. The molecule has 2 rings (SSSR count). The van der Waals surface area contributed by atoms with E-state index in [0.29, 0.717) is 33.5 Å². The summed E-state index contributed by atoms with van der Waals surface area (Å²) in [6.45, 7) is -0.0130. The normalized spacial score (nSPS) is 9.75. The molecule has 24 heavy (non-hydrogen) atoms. The first kappa shape index (κ1) is 17.4. The van der Waals surface area contributed by atoms with Crippen molar-refractivity contribution in [3.63, 3.8) is 0 Å². The molecule has 0 aliphatic heterocycles. The molecule has 2 N–H and O–H groups in total. The molecule has 0 aromatic heterocycles. The van der Waals surface area contributed by atoms with Gasteiger partial charge in [0.2, 0.25) is 5.91 Å². The lowest BCUT2D eigenvalue weighted by molar-refractivity contribution is -0.114. The second kappa shape index (κ2) is 8.09. The number of nitrogens with one attached hydrogen (secondary N) is 2. The molecule has 7 heteroatoms. The van der Waals surface area contributed by atoms with Crippen molar-refractivity contribution in [1.82, 2.24) is 0 Å². The maximum absolute atomic E-state index is 12.1. The van der Waals surface area contributed by atoms with E-state index in [9.17, 15) is 4.79 Å². The second-order valence-corrected chi connectivity index (χ2v) is 5.15. The quantitative estimate of drug-likeness (QED) is 0.839. The van der Waals surface area contributed by atoms with Gasteiger partial charge in [0, 0.05) is 12.1 Å². The zero-order valence-electron chi connectivity index (χ0n) is 13.2. The summed E-state index contributed by atoms with van der Waals surface area (Å²) in [6, 6.07) is 12.1. The Kier molecular flexibility index (Phi) is 5.88. The number of hydrogen-bond donors (Lipinski definition) is 2. The van der Waals surface area contributed by atoms with E-state index in [1.807, 2.05) is 6.07 Å². The number of para-hydroxylation sites is 1. The average Bonchev–Trinajstić information content (AvgIpc) is 2.60. The molecule has 0 unspecified atom stereocenters. The summed E-state index contributed by atoms with van der Waals surface area (Å²) in [4.78, 5) is 12.1. The summed E-state index contributed by atoms with van der Waals surface area (Å²) in [5, 5.41) is 15.1. The van der Waals surface area contributed by atoms with Crippen molar-refractivity contribution in [3.05, 3.63) is 47.0 Å². The molecule has 0 heterocycles. The number of nitriles is 1. The fourth-order valence-corrected chi connectivity index (χ4v) is 2.29. The number of anilines is 2. The third-order valence-electron chi connectivity index (χ3n) is 3.23. The first-order chi connectivity index (χ1) is 11.6. The van der Waals surface area contributed by atoms with Crippen molar-refractivity contribution >= 4 is 28.9 Å². The maximum atomic E-state index is 12.1. The Morgan fingerprint density at radius 3 is 2.54 bits per heavy atom. The van der Waals surface area contributed by atoms with Crippen molar-refractivity contribution < 1.29 is 14.3 Å². The van der Waals surface area contributed by atoms with Crippen LogP contribution in [-0.4, -0.2) is 26.7 Å². The van der Waals surface area contributed by atoms with Crippen LogP contribution in [0.4, 0.5) is 11.4 Å². The fourth-order valence-electron chi connectivity index (χ4n) is 2.06. The van der Waals surface area contributed by atoms with Gasteiger partial charge in [-0.05, 0) is 12.1 Å². The molecule has 0 aliphatic carbocycles. The highest BCUT2D eigenvalue weighted by molar-refractivity contribution is 6.32. The zero-order chi connectivity index (χ0) is 17.5. The maximum Gasteiger partial charge on any atom is 0.243 e. The van der Waals surface area contributed by atoms with Crippen molar-refractivity contribution in [3.8, 4) is 17.6 Å². The number of halogens is 1. The average molecular weight is 346 g/mol. The lowest BCUT2D eigenvalue weighted by Gasteiger charge is -2.14. The van der Waals surface area contributed by atoms with Gasteiger partial charge in [0.15, 0.2) is 0 Å². The van der Waals surface area contributed by atoms with Crippen molar-refractivity contribution in [2.24, 2.45) is 0 Å². The Morgan fingerprint density at radius 1 is 1.17 bits per heavy atom. The van der Waals surface area contributed by atoms with Gasteiger partial charge in [-0.3, -0.25) is 4.79 Å².